The Morgan fingerprint density at radius 3 is 2.04 bits per heavy atom. The van der Waals surface area contributed by atoms with Gasteiger partial charge in [-0.1, -0.05) is 40.7 Å². The van der Waals surface area contributed by atoms with Crippen LogP contribution in [0.5, 0.6) is 11.5 Å². The van der Waals surface area contributed by atoms with Crippen LogP contribution in [0.25, 0.3) is 0 Å². The highest BCUT2D eigenvalue weighted by Gasteiger charge is 2.25. The number of rotatable bonds is 3. The summed E-state index contributed by atoms with van der Waals surface area (Å²) in [5, 5.41) is 20.0. The zero-order chi connectivity index (χ0) is 18.3. The quantitative estimate of drug-likeness (QED) is 0.864. The van der Waals surface area contributed by atoms with Crippen molar-refractivity contribution < 1.29 is 18.6 Å². The molecule has 0 fully saturated rings. The molecule has 0 aliphatic heterocycles. The molecule has 2 aromatic carbocycles. The van der Waals surface area contributed by atoms with Gasteiger partial charge in [0.25, 0.3) is 0 Å². The summed E-state index contributed by atoms with van der Waals surface area (Å²) in [5.41, 5.74) is 1.14. The lowest BCUT2D eigenvalue weighted by Gasteiger charge is -2.20. The average molecular weight is 348 g/mol. The fraction of sp³-hybridized carbons (Fsp3) is 0.368. The molecular weight excluding hydrogens is 324 g/mol. The van der Waals surface area contributed by atoms with Crippen molar-refractivity contribution >= 4 is 9.84 Å². The van der Waals surface area contributed by atoms with Gasteiger partial charge in [0.15, 0.2) is 0 Å². The van der Waals surface area contributed by atoms with Crippen LogP contribution in [0, 0.1) is 0 Å². The lowest BCUT2D eigenvalue weighted by Crippen LogP contribution is -2.12. The minimum atomic E-state index is -3.89. The first-order chi connectivity index (χ1) is 10.9. The van der Waals surface area contributed by atoms with Crippen LogP contribution in [0.1, 0.15) is 51.7 Å². The number of aromatic hydroxyl groups is 2. The maximum absolute atomic E-state index is 13.0. The summed E-state index contributed by atoms with van der Waals surface area (Å²) in [4.78, 5) is -0.0549. The molecule has 0 radical (unpaired) electrons. The van der Waals surface area contributed by atoms with Gasteiger partial charge in [0.1, 0.15) is 16.4 Å². The highest BCUT2D eigenvalue weighted by molar-refractivity contribution is 7.91. The van der Waals surface area contributed by atoms with Crippen LogP contribution in [0.2, 0.25) is 0 Å². The van der Waals surface area contributed by atoms with Crippen molar-refractivity contribution in [2.24, 2.45) is 0 Å². The smallest absolute Gasteiger partial charge is 0.210 e. The van der Waals surface area contributed by atoms with Crippen molar-refractivity contribution in [3.05, 3.63) is 47.5 Å². The van der Waals surface area contributed by atoms with Crippen molar-refractivity contribution in [1.82, 2.24) is 0 Å². The molecule has 4 nitrogen and oxygen atoms in total. The number of phenolic OH excluding ortho intramolecular Hbond substituents is 2. The Labute approximate surface area is 143 Å². The highest BCUT2D eigenvalue weighted by atomic mass is 32.2. The van der Waals surface area contributed by atoms with E-state index in [9.17, 15) is 18.6 Å². The summed E-state index contributed by atoms with van der Waals surface area (Å²) >= 11 is 0. The van der Waals surface area contributed by atoms with Gasteiger partial charge in [0.05, 0.1) is 4.90 Å². The van der Waals surface area contributed by atoms with Gasteiger partial charge in [-0.2, -0.15) is 0 Å². The van der Waals surface area contributed by atoms with Crippen LogP contribution < -0.4 is 0 Å². The minimum absolute atomic E-state index is 0.0188. The van der Waals surface area contributed by atoms with Gasteiger partial charge in [-0.15, -0.1) is 0 Å². The third-order valence-electron chi connectivity index (χ3n) is 4.05. The fourth-order valence-corrected chi connectivity index (χ4v) is 3.89. The van der Waals surface area contributed by atoms with Gasteiger partial charge in [0.2, 0.25) is 9.84 Å². The molecule has 5 heteroatoms. The van der Waals surface area contributed by atoms with E-state index >= 15 is 0 Å². The first-order valence-corrected chi connectivity index (χ1v) is 9.34. The SMILES string of the molecule is CC(C)c1cc(S(=O)(=O)c2cc(C(C)(C)C)ccc2O)ccc1O. The molecule has 0 aliphatic carbocycles. The molecule has 0 atom stereocenters. The van der Waals surface area contributed by atoms with Crippen LogP contribution in [0.3, 0.4) is 0 Å². The molecule has 2 N–H and O–H groups in total. The molecule has 130 valence electrons. The Bertz CT molecular complexity index is 859. The van der Waals surface area contributed by atoms with Crippen LogP contribution in [-0.4, -0.2) is 18.6 Å². The maximum atomic E-state index is 13.0. The summed E-state index contributed by atoms with van der Waals surface area (Å²) < 4.78 is 26.0. The van der Waals surface area contributed by atoms with Gasteiger partial charge in [-0.3, -0.25) is 0 Å². The lowest BCUT2D eigenvalue weighted by atomic mass is 9.87. The summed E-state index contributed by atoms with van der Waals surface area (Å²) in [6, 6.07) is 8.87. The van der Waals surface area contributed by atoms with Crippen LogP contribution in [-0.2, 0) is 15.3 Å². The van der Waals surface area contributed by atoms with E-state index in [1.54, 1.807) is 6.07 Å². The first kappa shape index (κ1) is 18.3. The van der Waals surface area contributed by atoms with Crippen molar-refractivity contribution in [2.75, 3.05) is 0 Å². The third kappa shape index (κ3) is 3.41. The summed E-state index contributed by atoms with van der Waals surface area (Å²) in [6.07, 6.45) is 0. The number of phenols is 2. The number of benzene rings is 2. The molecule has 0 amide bonds. The fourth-order valence-electron chi connectivity index (χ4n) is 2.49. The monoisotopic (exact) mass is 348 g/mol. The number of hydrogen-bond acceptors (Lipinski definition) is 4. The molecule has 0 aromatic heterocycles. The van der Waals surface area contributed by atoms with E-state index in [4.69, 9.17) is 0 Å². The summed E-state index contributed by atoms with van der Waals surface area (Å²) in [5.74, 6) is -0.228. The molecule has 0 bridgehead atoms. The van der Waals surface area contributed by atoms with Gasteiger partial charge in [-0.25, -0.2) is 8.42 Å². The average Bonchev–Trinajstić information content (AvgIpc) is 2.46. The predicted octanol–water partition coefficient (Wildman–Crippen LogP) is 4.35. The standard InChI is InChI=1S/C19H24O4S/c1-12(2)15-11-14(7-9-16(15)20)24(22,23)18-10-13(19(3,4)5)6-8-17(18)21/h6-12,20-21H,1-5H3. The minimum Gasteiger partial charge on any atom is -0.508 e. The Morgan fingerprint density at radius 1 is 0.917 bits per heavy atom. The Hall–Kier alpha value is -2.01. The zero-order valence-corrected chi connectivity index (χ0v) is 15.5. The number of sulfone groups is 1. The molecule has 0 saturated carbocycles. The van der Waals surface area contributed by atoms with Crippen LogP contribution >= 0.6 is 0 Å². The topological polar surface area (TPSA) is 74.6 Å². The van der Waals surface area contributed by atoms with Crippen molar-refractivity contribution in [2.45, 2.75) is 55.7 Å². The zero-order valence-electron chi connectivity index (χ0n) is 14.7. The predicted molar refractivity (Wildman–Crippen MR) is 94.5 cm³/mol. The van der Waals surface area contributed by atoms with Crippen molar-refractivity contribution in [3.63, 3.8) is 0 Å². The second-order valence-corrected chi connectivity index (χ2v) is 9.23. The normalized spacial score (nSPS) is 12.6. The summed E-state index contributed by atoms with van der Waals surface area (Å²) in [7, 11) is -3.89. The van der Waals surface area contributed by atoms with Crippen LogP contribution in [0.4, 0.5) is 0 Å². The second-order valence-electron chi connectivity index (χ2n) is 7.31. The molecular formula is C19H24O4S. The van der Waals surface area contributed by atoms with E-state index in [1.165, 1.54) is 30.3 Å². The second kappa shape index (κ2) is 6.13. The Balaban J connectivity index is 2.66. The third-order valence-corrected chi connectivity index (χ3v) is 5.83. The molecule has 0 unspecified atom stereocenters. The van der Waals surface area contributed by atoms with E-state index < -0.39 is 9.84 Å². The first-order valence-electron chi connectivity index (χ1n) is 7.86. The van der Waals surface area contributed by atoms with Gasteiger partial charge in [-0.05, 0) is 52.8 Å². The Kier molecular flexibility index (Phi) is 4.68. The Morgan fingerprint density at radius 2 is 1.50 bits per heavy atom. The van der Waals surface area contributed by atoms with E-state index in [0.29, 0.717) is 5.56 Å². The van der Waals surface area contributed by atoms with E-state index in [-0.39, 0.29) is 32.6 Å². The molecule has 0 spiro atoms. The van der Waals surface area contributed by atoms with Gasteiger partial charge < -0.3 is 10.2 Å². The molecule has 0 heterocycles. The van der Waals surface area contributed by atoms with Crippen molar-refractivity contribution in [1.29, 1.82) is 0 Å². The molecule has 2 aromatic rings. The highest BCUT2D eigenvalue weighted by Crippen LogP contribution is 2.35. The molecule has 24 heavy (non-hydrogen) atoms. The summed E-state index contributed by atoms with van der Waals surface area (Å²) in [6.45, 7) is 9.69. The van der Waals surface area contributed by atoms with Crippen molar-refractivity contribution in [3.8, 4) is 11.5 Å². The van der Waals surface area contributed by atoms with E-state index in [1.807, 2.05) is 34.6 Å². The lowest BCUT2D eigenvalue weighted by molar-refractivity contribution is 0.456. The number of hydrogen-bond donors (Lipinski definition) is 2. The molecule has 0 saturated heterocycles. The van der Waals surface area contributed by atoms with Gasteiger partial charge >= 0.3 is 0 Å². The largest absolute Gasteiger partial charge is 0.508 e. The molecule has 2 rings (SSSR count). The van der Waals surface area contributed by atoms with E-state index in [2.05, 4.69) is 0 Å². The van der Waals surface area contributed by atoms with E-state index in [0.717, 1.165) is 5.56 Å². The van der Waals surface area contributed by atoms with Crippen LogP contribution in [0.15, 0.2) is 46.2 Å². The van der Waals surface area contributed by atoms with Gasteiger partial charge in [0, 0.05) is 0 Å². The maximum Gasteiger partial charge on any atom is 0.210 e. The molecule has 0 aliphatic rings.